The maximum atomic E-state index is 6.57. The second-order valence-corrected chi connectivity index (χ2v) is 5.42. The quantitative estimate of drug-likeness (QED) is 0.878. The molecule has 20 heavy (non-hydrogen) atoms. The standard InChI is InChI=1S/C16H24N4/c1-4-16(5-2,13-9-7-6-8-10-13)15(17)11-14-12-20(3)19-18-14/h6-10,12,15H,4-5,11,17H2,1-3H3. The molecule has 0 radical (unpaired) electrons. The first-order valence-electron chi connectivity index (χ1n) is 7.28. The fourth-order valence-corrected chi connectivity index (χ4v) is 3.08. The van der Waals surface area contributed by atoms with Crippen LogP contribution in [0.15, 0.2) is 36.5 Å². The van der Waals surface area contributed by atoms with Gasteiger partial charge in [0, 0.05) is 31.1 Å². The van der Waals surface area contributed by atoms with Crippen molar-refractivity contribution in [3.05, 3.63) is 47.8 Å². The lowest BCUT2D eigenvalue weighted by Gasteiger charge is -2.38. The predicted octanol–water partition coefficient (Wildman–Crippen LogP) is 2.44. The second kappa shape index (κ2) is 6.18. The normalized spacial score (nSPS) is 13.4. The van der Waals surface area contributed by atoms with E-state index in [-0.39, 0.29) is 11.5 Å². The second-order valence-electron chi connectivity index (χ2n) is 5.42. The summed E-state index contributed by atoms with van der Waals surface area (Å²) in [7, 11) is 1.88. The van der Waals surface area contributed by atoms with E-state index in [4.69, 9.17) is 5.73 Å². The Kier molecular flexibility index (Phi) is 4.55. The first-order valence-corrected chi connectivity index (χ1v) is 7.28. The van der Waals surface area contributed by atoms with Crippen LogP contribution in [0.4, 0.5) is 0 Å². The highest BCUT2D eigenvalue weighted by atomic mass is 15.4. The van der Waals surface area contributed by atoms with E-state index in [1.54, 1.807) is 4.68 Å². The molecule has 2 rings (SSSR count). The van der Waals surface area contributed by atoms with Crippen LogP contribution >= 0.6 is 0 Å². The van der Waals surface area contributed by atoms with Crippen LogP contribution in [-0.4, -0.2) is 21.0 Å². The predicted molar refractivity (Wildman–Crippen MR) is 81.4 cm³/mol. The van der Waals surface area contributed by atoms with E-state index in [0.29, 0.717) is 0 Å². The Morgan fingerprint density at radius 2 is 1.85 bits per heavy atom. The molecule has 1 atom stereocenters. The van der Waals surface area contributed by atoms with Gasteiger partial charge in [0.2, 0.25) is 0 Å². The van der Waals surface area contributed by atoms with Crippen LogP contribution in [0.2, 0.25) is 0 Å². The molecule has 4 nitrogen and oxygen atoms in total. The summed E-state index contributed by atoms with van der Waals surface area (Å²) >= 11 is 0. The average Bonchev–Trinajstić information content (AvgIpc) is 2.87. The van der Waals surface area contributed by atoms with Crippen molar-refractivity contribution >= 4 is 0 Å². The highest BCUT2D eigenvalue weighted by molar-refractivity contribution is 5.28. The van der Waals surface area contributed by atoms with E-state index in [1.165, 1.54) is 5.56 Å². The molecule has 0 aliphatic carbocycles. The summed E-state index contributed by atoms with van der Waals surface area (Å²) in [6.07, 6.45) is 4.75. The number of aryl methyl sites for hydroxylation is 1. The summed E-state index contributed by atoms with van der Waals surface area (Å²) in [6.45, 7) is 4.43. The largest absolute Gasteiger partial charge is 0.327 e. The third-order valence-corrected chi connectivity index (χ3v) is 4.40. The Morgan fingerprint density at radius 1 is 1.20 bits per heavy atom. The van der Waals surface area contributed by atoms with Gasteiger partial charge >= 0.3 is 0 Å². The van der Waals surface area contributed by atoms with Crippen LogP contribution in [0.1, 0.15) is 37.9 Å². The summed E-state index contributed by atoms with van der Waals surface area (Å²) in [5, 5.41) is 8.15. The van der Waals surface area contributed by atoms with Crippen LogP contribution in [0, 0.1) is 0 Å². The Labute approximate surface area is 121 Å². The molecule has 1 aromatic heterocycles. The van der Waals surface area contributed by atoms with Crippen molar-refractivity contribution in [2.45, 2.75) is 44.6 Å². The number of rotatable bonds is 6. The number of nitrogens with zero attached hydrogens (tertiary/aromatic N) is 3. The maximum absolute atomic E-state index is 6.57. The molecule has 0 fully saturated rings. The third-order valence-electron chi connectivity index (χ3n) is 4.40. The SMILES string of the molecule is CCC(CC)(c1ccccc1)C(N)Cc1cn(C)nn1. The van der Waals surface area contributed by atoms with E-state index < -0.39 is 0 Å². The summed E-state index contributed by atoms with van der Waals surface area (Å²) < 4.78 is 1.73. The lowest BCUT2D eigenvalue weighted by atomic mass is 9.69. The monoisotopic (exact) mass is 272 g/mol. The van der Waals surface area contributed by atoms with Crippen LogP contribution < -0.4 is 5.73 Å². The molecule has 4 heteroatoms. The molecular weight excluding hydrogens is 248 g/mol. The van der Waals surface area contributed by atoms with Crippen molar-refractivity contribution in [1.29, 1.82) is 0 Å². The number of nitrogens with two attached hydrogens (primary N) is 1. The van der Waals surface area contributed by atoms with Gasteiger partial charge < -0.3 is 5.73 Å². The van der Waals surface area contributed by atoms with Crippen molar-refractivity contribution in [3.8, 4) is 0 Å². The van der Waals surface area contributed by atoms with Gasteiger partial charge in [-0.15, -0.1) is 5.10 Å². The van der Waals surface area contributed by atoms with Crippen molar-refractivity contribution in [2.24, 2.45) is 12.8 Å². The molecule has 2 N–H and O–H groups in total. The van der Waals surface area contributed by atoms with Gasteiger partial charge in [0.15, 0.2) is 0 Å². The van der Waals surface area contributed by atoms with Gasteiger partial charge in [-0.25, -0.2) is 0 Å². The summed E-state index contributed by atoms with van der Waals surface area (Å²) in [4.78, 5) is 0. The van der Waals surface area contributed by atoms with Gasteiger partial charge in [-0.1, -0.05) is 49.4 Å². The highest BCUT2D eigenvalue weighted by Gasteiger charge is 2.35. The van der Waals surface area contributed by atoms with Crippen LogP contribution in [0.3, 0.4) is 0 Å². The van der Waals surface area contributed by atoms with Gasteiger partial charge in [0.1, 0.15) is 0 Å². The molecule has 1 aromatic carbocycles. The first kappa shape index (κ1) is 14.7. The average molecular weight is 272 g/mol. The van der Waals surface area contributed by atoms with Crippen molar-refractivity contribution in [3.63, 3.8) is 0 Å². The lowest BCUT2D eigenvalue weighted by Crippen LogP contribution is -2.46. The number of aromatic nitrogens is 3. The molecule has 1 unspecified atom stereocenters. The minimum atomic E-state index is -0.00121. The molecule has 0 spiro atoms. The Bertz CT molecular complexity index is 528. The fourth-order valence-electron chi connectivity index (χ4n) is 3.08. The summed E-state index contributed by atoms with van der Waals surface area (Å²) in [5.74, 6) is 0. The molecule has 0 saturated heterocycles. The van der Waals surface area contributed by atoms with Crippen molar-refractivity contribution < 1.29 is 0 Å². The molecule has 0 aliphatic heterocycles. The van der Waals surface area contributed by atoms with Crippen molar-refractivity contribution in [1.82, 2.24) is 15.0 Å². The Hall–Kier alpha value is -1.68. The molecular formula is C16H24N4. The van der Waals surface area contributed by atoms with E-state index in [2.05, 4.69) is 48.4 Å². The molecule has 2 aromatic rings. The van der Waals surface area contributed by atoms with Gasteiger partial charge in [-0.3, -0.25) is 4.68 Å². The highest BCUT2D eigenvalue weighted by Crippen LogP contribution is 2.35. The fraction of sp³-hybridized carbons (Fsp3) is 0.500. The number of hydrogen-bond acceptors (Lipinski definition) is 3. The van der Waals surface area contributed by atoms with Crippen molar-refractivity contribution in [2.75, 3.05) is 0 Å². The van der Waals surface area contributed by atoms with Crippen LogP contribution in [0.25, 0.3) is 0 Å². The first-order chi connectivity index (χ1) is 9.62. The molecule has 108 valence electrons. The summed E-state index contributed by atoms with van der Waals surface area (Å²) in [5.41, 5.74) is 8.85. The maximum Gasteiger partial charge on any atom is 0.0842 e. The van der Waals surface area contributed by atoms with E-state index >= 15 is 0 Å². The van der Waals surface area contributed by atoms with E-state index in [0.717, 1.165) is 25.0 Å². The number of hydrogen-bond donors (Lipinski definition) is 1. The van der Waals surface area contributed by atoms with Gasteiger partial charge in [0.25, 0.3) is 0 Å². The smallest absolute Gasteiger partial charge is 0.0842 e. The number of benzene rings is 1. The molecule has 1 heterocycles. The molecule has 0 amide bonds. The van der Waals surface area contributed by atoms with Gasteiger partial charge in [-0.2, -0.15) is 0 Å². The Morgan fingerprint density at radius 3 is 2.35 bits per heavy atom. The molecule has 0 saturated carbocycles. The lowest BCUT2D eigenvalue weighted by molar-refractivity contribution is 0.313. The minimum Gasteiger partial charge on any atom is -0.327 e. The summed E-state index contributed by atoms with van der Waals surface area (Å²) in [6, 6.07) is 10.6. The van der Waals surface area contributed by atoms with Crippen LogP contribution in [-0.2, 0) is 18.9 Å². The van der Waals surface area contributed by atoms with Gasteiger partial charge in [-0.05, 0) is 18.4 Å². The minimum absolute atomic E-state index is 0.00121. The third kappa shape index (κ3) is 2.75. The molecule has 0 aliphatic rings. The zero-order chi connectivity index (χ0) is 14.6. The van der Waals surface area contributed by atoms with Crippen LogP contribution in [0.5, 0.6) is 0 Å². The zero-order valence-electron chi connectivity index (χ0n) is 12.6. The van der Waals surface area contributed by atoms with E-state index in [9.17, 15) is 0 Å². The zero-order valence-corrected chi connectivity index (χ0v) is 12.6. The topological polar surface area (TPSA) is 56.7 Å². The van der Waals surface area contributed by atoms with E-state index in [1.807, 2.05) is 19.3 Å². The Balaban J connectivity index is 2.28. The molecule has 0 bridgehead atoms. The van der Waals surface area contributed by atoms with Gasteiger partial charge in [0.05, 0.1) is 5.69 Å².